The molecule has 2 nitrogen and oxygen atoms in total. The van der Waals surface area contributed by atoms with Crippen molar-refractivity contribution in [1.82, 2.24) is 4.90 Å². The average Bonchev–Trinajstić information content (AvgIpc) is 2.90. The molecule has 0 spiro atoms. The summed E-state index contributed by atoms with van der Waals surface area (Å²) in [5.74, 6) is 0.723. The van der Waals surface area contributed by atoms with E-state index >= 15 is 0 Å². The number of rotatable bonds is 4. The van der Waals surface area contributed by atoms with Crippen LogP contribution in [0, 0.1) is 11.7 Å². The van der Waals surface area contributed by atoms with Gasteiger partial charge in [-0.05, 0) is 41.8 Å². The van der Waals surface area contributed by atoms with Gasteiger partial charge in [-0.1, -0.05) is 46.3 Å². The summed E-state index contributed by atoms with van der Waals surface area (Å²) >= 11 is 3.36. The largest absolute Gasteiger partial charge is 0.330 e. The van der Waals surface area contributed by atoms with Crippen molar-refractivity contribution in [2.45, 2.75) is 12.5 Å². The van der Waals surface area contributed by atoms with Gasteiger partial charge in [0.2, 0.25) is 0 Å². The normalized spacial score (nSPS) is 21.2. The van der Waals surface area contributed by atoms with Crippen molar-refractivity contribution < 1.29 is 4.39 Å². The standard InChI is InChI=1S/C18H20BrFN2.ClH/c19-16-6-13(7-17(20)8-16)10-22-11-15(9-21)18(12-22)14-4-2-1-3-5-14;/h1-8,15,18H,9-12,21H2;1H/t15-,18+;/m1./s1. The zero-order valence-electron chi connectivity index (χ0n) is 12.8. The van der Waals surface area contributed by atoms with Crippen molar-refractivity contribution in [3.8, 4) is 0 Å². The molecule has 2 atom stereocenters. The van der Waals surface area contributed by atoms with Gasteiger partial charge >= 0.3 is 0 Å². The van der Waals surface area contributed by atoms with E-state index in [0.717, 1.165) is 29.7 Å². The molecular weight excluding hydrogens is 379 g/mol. The van der Waals surface area contributed by atoms with Crippen molar-refractivity contribution in [1.29, 1.82) is 0 Å². The first-order valence-electron chi connectivity index (χ1n) is 7.58. The summed E-state index contributed by atoms with van der Waals surface area (Å²) in [5, 5.41) is 0. The Morgan fingerprint density at radius 2 is 1.87 bits per heavy atom. The summed E-state index contributed by atoms with van der Waals surface area (Å²) in [4.78, 5) is 2.37. The molecule has 124 valence electrons. The summed E-state index contributed by atoms with van der Waals surface area (Å²) in [6, 6.07) is 15.6. The zero-order valence-corrected chi connectivity index (χ0v) is 15.2. The Kier molecular flexibility index (Phi) is 6.60. The van der Waals surface area contributed by atoms with E-state index in [2.05, 4.69) is 45.1 Å². The summed E-state index contributed by atoms with van der Waals surface area (Å²) < 4.78 is 14.3. The molecule has 1 aliphatic heterocycles. The van der Waals surface area contributed by atoms with Gasteiger partial charge in [0.05, 0.1) is 0 Å². The first-order valence-corrected chi connectivity index (χ1v) is 8.37. The highest BCUT2D eigenvalue weighted by Gasteiger charge is 2.32. The van der Waals surface area contributed by atoms with E-state index in [1.54, 1.807) is 6.07 Å². The van der Waals surface area contributed by atoms with Crippen LogP contribution in [0.4, 0.5) is 4.39 Å². The van der Waals surface area contributed by atoms with Crippen LogP contribution in [0.1, 0.15) is 17.0 Å². The first kappa shape index (κ1) is 18.4. The van der Waals surface area contributed by atoms with Gasteiger partial charge in [-0.15, -0.1) is 12.4 Å². The van der Waals surface area contributed by atoms with Crippen molar-refractivity contribution in [2.24, 2.45) is 11.7 Å². The number of hydrogen-bond acceptors (Lipinski definition) is 2. The Labute approximate surface area is 151 Å². The molecule has 0 radical (unpaired) electrons. The maximum absolute atomic E-state index is 13.5. The van der Waals surface area contributed by atoms with Gasteiger partial charge in [0.1, 0.15) is 5.82 Å². The van der Waals surface area contributed by atoms with Crippen LogP contribution in [0.25, 0.3) is 0 Å². The number of likely N-dealkylation sites (tertiary alicyclic amines) is 1. The molecule has 1 fully saturated rings. The predicted octanol–water partition coefficient (Wildman–Crippen LogP) is 4.18. The lowest BCUT2D eigenvalue weighted by atomic mass is 9.89. The molecule has 1 heterocycles. The third-order valence-electron chi connectivity index (χ3n) is 4.38. The lowest BCUT2D eigenvalue weighted by Crippen LogP contribution is -2.23. The second kappa shape index (κ2) is 8.25. The van der Waals surface area contributed by atoms with Crippen molar-refractivity contribution in [3.05, 3.63) is 69.9 Å². The SMILES string of the molecule is Cl.NC[C@@H]1CN(Cc2cc(F)cc(Br)c2)C[C@H]1c1ccccc1. The smallest absolute Gasteiger partial charge is 0.124 e. The topological polar surface area (TPSA) is 29.3 Å². The molecule has 3 rings (SSSR count). The van der Waals surface area contributed by atoms with E-state index in [9.17, 15) is 4.39 Å². The molecule has 0 unspecified atom stereocenters. The van der Waals surface area contributed by atoms with Gasteiger partial charge in [-0.2, -0.15) is 0 Å². The van der Waals surface area contributed by atoms with Crippen LogP contribution < -0.4 is 5.73 Å². The summed E-state index contributed by atoms with van der Waals surface area (Å²) in [6.07, 6.45) is 0. The monoisotopic (exact) mass is 398 g/mol. The van der Waals surface area contributed by atoms with Crippen LogP contribution in [0.15, 0.2) is 53.0 Å². The molecule has 2 aromatic rings. The van der Waals surface area contributed by atoms with Crippen LogP contribution in [-0.4, -0.2) is 24.5 Å². The van der Waals surface area contributed by atoms with Crippen molar-refractivity contribution in [3.63, 3.8) is 0 Å². The van der Waals surface area contributed by atoms with Gasteiger partial charge in [-0.3, -0.25) is 4.90 Å². The number of benzene rings is 2. The highest BCUT2D eigenvalue weighted by atomic mass is 79.9. The first-order chi connectivity index (χ1) is 10.7. The van der Waals surface area contributed by atoms with Crippen LogP contribution in [0.3, 0.4) is 0 Å². The van der Waals surface area contributed by atoms with Crippen LogP contribution >= 0.6 is 28.3 Å². The van der Waals surface area contributed by atoms with Gasteiger partial charge in [0.15, 0.2) is 0 Å². The highest BCUT2D eigenvalue weighted by Crippen LogP contribution is 2.33. The minimum atomic E-state index is -0.196. The summed E-state index contributed by atoms with van der Waals surface area (Å²) in [5.41, 5.74) is 8.32. The molecule has 1 aliphatic rings. The average molecular weight is 400 g/mol. The van der Waals surface area contributed by atoms with E-state index < -0.39 is 0 Å². The molecule has 1 saturated heterocycles. The van der Waals surface area contributed by atoms with E-state index in [1.807, 2.05) is 12.1 Å². The molecule has 0 saturated carbocycles. The molecule has 0 aromatic heterocycles. The fourth-order valence-corrected chi connectivity index (χ4v) is 3.88. The molecular formula is C18H21BrClFN2. The van der Waals surface area contributed by atoms with E-state index in [-0.39, 0.29) is 18.2 Å². The maximum Gasteiger partial charge on any atom is 0.124 e. The Hall–Kier alpha value is -0.940. The predicted molar refractivity (Wildman–Crippen MR) is 98.4 cm³/mol. The van der Waals surface area contributed by atoms with Gasteiger partial charge in [-0.25, -0.2) is 4.39 Å². The van der Waals surface area contributed by atoms with E-state index in [1.165, 1.54) is 11.6 Å². The quantitative estimate of drug-likeness (QED) is 0.835. The van der Waals surface area contributed by atoms with Crippen LogP contribution in [0.2, 0.25) is 0 Å². The second-order valence-electron chi connectivity index (χ2n) is 5.98. The fourth-order valence-electron chi connectivity index (χ4n) is 3.37. The Morgan fingerprint density at radius 1 is 1.13 bits per heavy atom. The Morgan fingerprint density at radius 3 is 2.52 bits per heavy atom. The Balaban J connectivity index is 0.00000192. The zero-order chi connectivity index (χ0) is 15.5. The van der Waals surface area contributed by atoms with Gasteiger partial charge < -0.3 is 5.73 Å². The lowest BCUT2D eigenvalue weighted by molar-refractivity contribution is 0.316. The maximum atomic E-state index is 13.5. The molecule has 0 amide bonds. The minimum absolute atomic E-state index is 0. The molecule has 2 N–H and O–H groups in total. The van der Waals surface area contributed by atoms with Crippen molar-refractivity contribution >= 4 is 28.3 Å². The summed E-state index contributed by atoms with van der Waals surface area (Å²) in [7, 11) is 0. The van der Waals surface area contributed by atoms with Gasteiger partial charge in [0, 0.05) is 30.0 Å². The van der Waals surface area contributed by atoms with Crippen LogP contribution in [-0.2, 0) is 6.54 Å². The molecule has 2 aromatic carbocycles. The molecule has 0 aliphatic carbocycles. The Bertz CT molecular complexity index is 618. The number of nitrogens with zero attached hydrogens (tertiary/aromatic N) is 1. The number of hydrogen-bond donors (Lipinski definition) is 1. The fraction of sp³-hybridized carbons (Fsp3) is 0.333. The number of halogens is 3. The summed E-state index contributed by atoms with van der Waals surface area (Å²) in [6.45, 7) is 3.38. The van der Waals surface area contributed by atoms with Crippen LogP contribution in [0.5, 0.6) is 0 Å². The van der Waals surface area contributed by atoms with Gasteiger partial charge in [0.25, 0.3) is 0 Å². The third kappa shape index (κ3) is 4.54. The van der Waals surface area contributed by atoms with E-state index in [0.29, 0.717) is 18.4 Å². The number of nitrogens with two attached hydrogens (primary N) is 1. The van der Waals surface area contributed by atoms with E-state index in [4.69, 9.17) is 5.73 Å². The van der Waals surface area contributed by atoms with Crippen molar-refractivity contribution in [2.75, 3.05) is 19.6 Å². The highest BCUT2D eigenvalue weighted by molar-refractivity contribution is 9.10. The third-order valence-corrected chi connectivity index (χ3v) is 4.83. The minimum Gasteiger partial charge on any atom is -0.330 e. The molecule has 23 heavy (non-hydrogen) atoms. The molecule has 0 bridgehead atoms. The molecule has 5 heteroatoms. The second-order valence-corrected chi connectivity index (χ2v) is 6.90. The lowest BCUT2D eigenvalue weighted by Gasteiger charge is -2.17.